The summed E-state index contributed by atoms with van der Waals surface area (Å²) in [6, 6.07) is 4.29. The van der Waals surface area contributed by atoms with Gasteiger partial charge in [0, 0.05) is 37.3 Å². The maximum Gasteiger partial charge on any atom is 0.170 e. The minimum Gasteiger partial charge on any atom is -0.377 e. The van der Waals surface area contributed by atoms with E-state index in [1.807, 2.05) is 0 Å². The molecule has 1 heterocycles. The first-order valence-corrected chi connectivity index (χ1v) is 5.05. The van der Waals surface area contributed by atoms with Crippen LogP contribution < -0.4 is 9.47 Å². The zero-order chi connectivity index (χ0) is 10.8. The molecule has 0 radical (unpaired) electrons. The standard InChI is InChI=1S/C12H21N2.ClH/c1-12(2,3)10-14-8-6-11(7-9-14)13(4)5;/h6-9H,10H2,1-5H3;1H/q+1;. The van der Waals surface area contributed by atoms with Gasteiger partial charge in [-0.25, -0.2) is 4.57 Å². The number of hydrogen-bond acceptors (Lipinski definition) is 1. The molecule has 0 amide bonds. The Bertz CT molecular complexity index is 285. The van der Waals surface area contributed by atoms with Crippen LogP contribution in [0.3, 0.4) is 0 Å². The van der Waals surface area contributed by atoms with Crippen LogP contribution in [0.25, 0.3) is 0 Å². The monoisotopic (exact) mass is 229 g/mol. The molecule has 0 unspecified atom stereocenters. The van der Waals surface area contributed by atoms with Crippen LogP contribution in [0.2, 0.25) is 0 Å². The van der Waals surface area contributed by atoms with Crippen LogP contribution in [0.1, 0.15) is 20.8 Å². The van der Waals surface area contributed by atoms with Gasteiger partial charge in [-0.2, -0.15) is 0 Å². The van der Waals surface area contributed by atoms with Crippen molar-refractivity contribution in [3.63, 3.8) is 0 Å². The summed E-state index contributed by atoms with van der Waals surface area (Å²) < 4.78 is 2.23. The fraction of sp³-hybridized carbons (Fsp3) is 0.583. The highest BCUT2D eigenvalue weighted by Crippen LogP contribution is 2.13. The molecule has 1 aromatic rings. The van der Waals surface area contributed by atoms with Gasteiger partial charge in [-0.3, -0.25) is 0 Å². The Morgan fingerprint density at radius 3 is 1.93 bits per heavy atom. The maximum absolute atomic E-state index is 2.25. The number of anilines is 1. The predicted octanol–water partition coefficient (Wildman–Crippen LogP) is 2.51. The van der Waals surface area contributed by atoms with Gasteiger partial charge in [0.2, 0.25) is 0 Å². The molecule has 0 aromatic carbocycles. The molecule has 0 aliphatic carbocycles. The topological polar surface area (TPSA) is 7.12 Å². The van der Waals surface area contributed by atoms with Crippen LogP contribution in [0, 0.1) is 5.41 Å². The van der Waals surface area contributed by atoms with Crippen LogP contribution in [0.4, 0.5) is 5.69 Å². The molecule has 86 valence electrons. The highest BCUT2D eigenvalue weighted by Gasteiger charge is 2.16. The molecule has 0 saturated carbocycles. The summed E-state index contributed by atoms with van der Waals surface area (Å²) >= 11 is 0. The number of halogens is 1. The molecule has 1 rings (SSSR count). The van der Waals surface area contributed by atoms with E-state index in [2.05, 4.69) is 68.9 Å². The van der Waals surface area contributed by atoms with Gasteiger partial charge in [-0.1, -0.05) is 20.8 Å². The van der Waals surface area contributed by atoms with Crippen molar-refractivity contribution in [2.45, 2.75) is 27.3 Å². The van der Waals surface area contributed by atoms with Crippen molar-refractivity contribution in [2.75, 3.05) is 19.0 Å². The highest BCUT2D eigenvalue weighted by molar-refractivity contribution is 5.85. The van der Waals surface area contributed by atoms with E-state index in [4.69, 9.17) is 0 Å². The third kappa shape index (κ3) is 5.03. The lowest BCUT2D eigenvalue weighted by atomic mass is 9.97. The molecule has 0 bridgehead atoms. The first kappa shape index (κ1) is 14.2. The number of nitrogens with zero attached hydrogens (tertiary/aromatic N) is 2. The minimum atomic E-state index is 0. The van der Waals surface area contributed by atoms with Crippen molar-refractivity contribution in [2.24, 2.45) is 5.41 Å². The molecule has 0 spiro atoms. The SMILES string of the molecule is CN(C)c1cc[n+](CC(C)(C)C)cc1.Cl. The number of rotatable bonds is 2. The van der Waals surface area contributed by atoms with Crippen LogP contribution in [-0.2, 0) is 6.54 Å². The van der Waals surface area contributed by atoms with Gasteiger partial charge in [-0.15, -0.1) is 12.4 Å². The molecule has 0 fully saturated rings. The summed E-state index contributed by atoms with van der Waals surface area (Å²) in [5.41, 5.74) is 1.58. The second-order valence-corrected chi connectivity index (χ2v) is 5.18. The van der Waals surface area contributed by atoms with Crippen molar-refractivity contribution >= 4 is 18.1 Å². The van der Waals surface area contributed by atoms with Gasteiger partial charge in [-0.05, 0) is 0 Å². The van der Waals surface area contributed by atoms with Crippen LogP contribution >= 0.6 is 12.4 Å². The Morgan fingerprint density at radius 1 is 1.13 bits per heavy atom. The van der Waals surface area contributed by atoms with Gasteiger partial charge in [0.05, 0.1) is 0 Å². The maximum atomic E-state index is 2.25. The molecular formula is C12H22ClN2+. The predicted molar refractivity (Wildman–Crippen MR) is 67.7 cm³/mol. The third-order valence-electron chi connectivity index (χ3n) is 2.05. The van der Waals surface area contributed by atoms with E-state index < -0.39 is 0 Å². The Morgan fingerprint density at radius 2 is 1.60 bits per heavy atom. The molecule has 0 atom stereocenters. The molecule has 15 heavy (non-hydrogen) atoms. The Balaban J connectivity index is 0.00000196. The second-order valence-electron chi connectivity index (χ2n) is 5.18. The molecular weight excluding hydrogens is 208 g/mol. The fourth-order valence-corrected chi connectivity index (χ4v) is 1.40. The van der Waals surface area contributed by atoms with E-state index in [1.54, 1.807) is 0 Å². The van der Waals surface area contributed by atoms with E-state index >= 15 is 0 Å². The minimum absolute atomic E-state index is 0. The molecule has 1 aromatic heterocycles. The summed E-state index contributed by atoms with van der Waals surface area (Å²) in [7, 11) is 4.12. The first-order valence-electron chi connectivity index (χ1n) is 5.05. The molecule has 0 N–H and O–H groups in total. The zero-order valence-electron chi connectivity index (χ0n) is 10.3. The van der Waals surface area contributed by atoms with Gasteiger partial charge in [0.25, 0.3) is 0 Å². The van der Waals surface area contributed by atoms with Crippen LogP contribution in [0.5, 0.6) is 0 Å². The quantitative estimate of drug-likeness (QED) is 0.707. The number of hydrogen-bond donors (Lipinski definition) is 0. The van der Waals surface area contributed by atoms with Crippen LogP contribution in [-0.4, -0.2) is 14.1 Å². The van der Waals surface area contributed by atoms with Crippen molar-refractivity contribution in [1.82, 2.24) is 0 Å². The third-order valence-corrected chi connectivity index (χ3v) is 2.05. The average Bonchev–Trinajstić information content (AvgIpc) is 2.02. The van der Waals surface area contributed by atoms with E-state index in [0.717, 1.165) is 6.54 Å². The molecule has 2 nitrogen and oxygen atoms in total. The molecule has 3 heteroatoms. The summed E-state index contributed by atoms with van der Waals surface area (Å²) in [5.74, 6) is 0. The van der Waals surface area contributed by atoms with Gasteiger partial charge in [0.1, 0.15) is 0 Å². The lowest BCUT2D eigenvalue weighted by Crippen LogP contribution is -2.39. The normalized spacial score (nSPS) is 10.7. The fourth-order valence-electron chi connectivity index (χ4n) is 1.40. The number of pyridine rings is 1. The average molecular weight is 230 g/mol. The van der Waals surface area contributed by atoms with Crippen molar-refractivity contribution < 1.29 is 4.57 Å². The Hall–Kier alpha value is -0.760. The Labute approximate surface area is 99.3 Å². The summed E-state index contributed by atoms with van der Waals surface area (Å²) in [6.45, 7) is 7.81. The smallest absolute Gasteiger partial charge is 0.170 e. The van der Waals surface area contributed by atoms with Crippen LogP contribution in [0.15, 0.2) is 24.5 Å². The second kappa shape index (κ2) is 5.36. The molecule has 0 aliphatic heterocycles. The summed E-state index contributed by atoms with van der Waals surface area (Å²) in [4.78, 5) is 2.11. The number of aromatic nitrogens is 1. The Kier molecular flexibility index (Phi) is 5.09. The van der Waals surface area contributed by atoms with E-state index in [-0.39, 0.29) is 12.4 Å². The highest BCUT2D eigenvalue weighted by atomic mass is 35.5. The summed E-state index contributed by atoms with van der Waals surface area (Å²) in [6.07, 6.45) is 4.28. The van der Waals surface area contributed by atoms with E-state index in [0.29, 0.717) is 5.41 Å². The van der Waals surface area contributed by atoms with Crippen molar-refractivity contribution in [3.8, 4) is 0 Å². The van der Waals surface area contributed by atoms with Gasteiger partial charge >= 0.3 is 0 Å². The van der Waals surface area contributed by atoms with Crippen molar-refractivity contribution in [1.29, 1.82) is 0 Å². The van der Waals surface area contributed by atoms with Gasteiger partial charge < -0.3 is 4.90 Å². The van der Waals surface area contributed by atoms with E-state index in [1.165, 1.54) is 5.69 Å². The zero-order valence-corrected chi connectivity index (χ0v) is 11.1. The van der Waals surface area contributed by atoms with E-state index in [9.17, 15) is 0 Å². The van der Waals surface area contributed by atoms with Gasteiger partial charge in [0.15, 0.2) is 18.9 Å². The molecule has 0 aliphatic rings. The first-order chi connectivity index (χ1) is 6.38. The largest absolute Gasteiger partial charge is 0.377 e. The lowest BCUT2D eigenvalue weighted by molar-refractivity contribution is -0.708. The van der Waals surface area contributed by atoms with Crippen molar-refractivity contribution in [3.05, 3.63) is 24.5 Å². The molecule has 0 saturated heterocycles. The lowest BCUT2D eigenvalue weighted by Gasteiger charge is -2.14. The summed E-state index contributed by atoms with van der Waals surface area (Å²) in [5, 5.41) is 0.